The number of hydrogen-bond donors (Lipinski definition) is 1. The smallest absolute Gasteiger partial charge is 0.246 e. The third kappa shape index (κ3) is 6.06. The Morgan fingerprint density at radius 2 is 2.00 bits per heavy atom. The number of fused-ring (bicyclic) bond motifs is 4. The first-order chi connectivity index (χ1) is 24.2. The molecule has 0 radical (unpaired) electrons. The van der Waals surface area contributed by atoms with E-state index >= 15 is 4.39 Å². The predicted octanol–water partition coefficient (Wildman–Crippen LogP) is 7.00. The summed E-state index contributed by atoms with van der Waals surface area (Å²) in [6, 6.07) is 5.47. The van der Waals surface area contributed by atoms with Gasteiger partial charge in [0.1, 0.15) is 12.1 Å². The van der Waals surface area contributed by atoms with Gasteiger partial charge in [-0.2, -0.15) is 10.4 Å². The number of H-pyrrole nitrogens is 1. The molecular formula is C36H37Cl2FN8O3. The molecule has 0 aliphatic carbocycles. The largest absolute Gasteiger partial charge is 0.474 e. The van der Waals surface area contributed by atoms with Crippen molar-refractivity contribution in [1.82, 2.24) is 34.5 Å². The standard InChI is InChI=1S/C36H37Cl2FN8O3/c1-20-26(37)16-28-25(17-42-44-28)30(20)31-27(38)15-24-33(32(31)39)43-36(50-18-23-6-4-11-45(23)2)34-35(24)47(19-41-34)22-9-12-46(21(14-22)8-10-40)29(48)7-5-13-49-3/h5,7,15-17,19,21-23H,4,6,8-9,11-14,18H2,1-3H3,(H,42,44)/b7-5+/t21-,22+,23+/m1/s1. The number of aromatic amines is 1. The van der Waals surface area contributed by atoms with E-state index in [1.54, 1.807) is 42.7 Å². The number of nitrogens with one attached hydrogen (secondary N) is 1. The van der Waals surface area contributed by atoms with Crippen molar-refractivity contribution in [2.45, 2.75) is 57.2 Å². The lowest BCUT2D eigenvalue weighted by molar-refractivity contribution is -0.130. The van der Waals surface area contributed by atoms with Crippen LogP contribution in [0, 0.1) is 24.1 Å². The van der Waals surface area contributed by atoms with E-state index in [1.807, 2.05) is 11.5 Å². The molecule has 0 spiro atoms. The van der Waals surface area contributed by atoms with Crippen LogP contribution in [0.25, 0.3) is 44.0 Å². The van der Waals surface area contributed by atoms with E-state index in [1.165, 1.54) is 6.08 Å². The highest BCUT2D eigenvalue weighted by Crippen LogP contribution is 2.45. The fourth-order valence-corrected chi connectivity index (χ4v) is 8.00. The topological polar surface area (TPSA) is 125 Å². The number of ether oxygens (including phenoxy) is 2. The molecule has 2 fully saturated rings. The highest BCUT2D eigenvalue weighted by atomic mass is 35.5. The number of nitrogens with zero attached hydrogens (tertiary/aromatic N) is 7. The van der Waals surface area contributed by atoms with E-state index < -0.39 is 5.82 Å². The molecule has 14 heteroatoms. The van der Waals surface area contributed by atoms with Gasteiger partial charge in [0.05, 0.1) is 47.7 Å². The number of nitriles is 1. The van der Waals surface area contributed by atoms with Crippen LogP contribution in [0.2, 0.25) is 10.0 Å². The van der Waals surface area contributed by atoms with E-state index in [2.05, 4.69) is 28.2 Å². The summed E-state index contributed by atoms with van der Waals surface area (Å²) >= 11 is 13.6. The summed E-state index contributed by atoms with van der Waals surface area (Å²) in [6.45, 7) is 3.93. The Balaban J connectivity index is 1.37. The molecule has 3 atom stereocenters. The molecule has 2 aliphatic heterocycles. The van der Waals surface area contributed by atoms with Crippen LogP contribution in [0.4, 0.5) is 4.39 Å². The van der Waals surface area contributed by atoms with Crippen LogP contribution in [-0.4, -0.2) is 93.0 Å². The Kier molecular flexibility index (Phi) is 9.67. The summed E-state index contributed by atoms with van der Waals surface area (Å²) in [5.41, 5.74) is 3.25. The van der Waals surface area contributed by atoms with Crippen molar-refractivity contribution in [3.63, 3.8) is 0 Å². The number of hydrogen-bond acceptors (Lipinski definition) is 8. The van der Waals surface area contributed by atoms with Crippen molar-refractivity contribution in [3.8, 4) is 23.1 Å². The summed E-state index contributed by atoms with van der Waals surface area (Å²) in [5.74, 6) is -0.536. The van der Waals surface area contributed by atoms with Crippen molar-refractivity contribution in [3.05, 3.63) is 58.2 Å². The Labute approximate surface area is 298 Å². The fraction of sp³-hybridized carbons (Fsp3) is 0.417. The maximum absolute atomic E-state index is 17.2. The molecule has 2 aromatic carbocycles. The third-order valence-electron chi connectivity index (χ3n) is 10.1. The summed E-state index contributed by atoms with van der Waals surface area (Å²) in [7, 11) is 3.63. The molecule has 1 N–H and O–H groups in total. The number of halogens is 3. The minimum atomic E-state index is -0.608. The number of methoxy groups -OCH3 is 1. The number of amides is 1. The molecule has 0 bridgehead atoms. The molecule has 0 saturated carbocycles. The van der Waals surface area contributed by atoms with Crippen molar-refractivity contribution >= 4 is 61.9 Å². The maximum atomic E-state index is 17.2. The lowest BCUT2D eigenvalue weighted by atomic mass is 9.93. The van der Waals surface area contributed by atoms with E-state index in [0.717, 1.165) is 19.4 Å². The van der Waals surface area contributed by atoms with Crippen molar-refractivity contribution in [1.29, 1.82) is 5.26 Å². The molecule has 2 saturated heterocycles. The highest BCUT2D eigenvalue weighted by Gasteiger charge is 2.34. The quantitative estimate of drug-likeness (QED) is 0.162. The van der Waals surface area contributed by atoms with Gasteiger partial charge in [0.2, 0.25) is 11.8 Å². The molecule has 1 amide bonds. The van der Waals surface area contributed by atoms with Crippen molar-refractivity contribution in [2.75, 3.05) is 40.5 Å². The van der Waals surface area contributed by atoms with E-state index in [-0.39, 0.29) is 52.4 Å². The molecule has 7 rings (SSSR count). The van der Waals surface area contributed by atoms with Crippen molar-refractivity contribution < 1.29 is 18.7 Å². The van der Waals surface area contributed by atoms with Gasteiger partial charge in [0.15, 0.2) is 11.3 Å². The first kappa shape index (κ1) is 34.2. The van der Waals surface area contributed by atoms with Crippen LogP contribution >= 0.6 is 23.2 Å². The zero-order chi connectivity index (χ0) is 35.1. The molecule has 260 valence electrons. The first-order valence-electron chi connectivity index (χ1n) is 16.7. The average molecular weight is 720 g/mol. The zero-order valence-electron chi connectivity index (χ0n) is 28.0. The van der Waals surface area contributed by atoms with Crippen LogP contribution < -0.4 is 4.74 Å². The molecule has 50 heavy (non-hydrogen) atoms. The van der Waals surface area contributed by atoms with Gasteiger partial charge in [0.25, 0.3) is 0 Å². The number of carbonyl (C=O) groups excluding carboxylic acids is 1. The number of piperidine rings is 1. The predicted molar refractivity (Wildman–Crippen MR) is 191 cm³/mol. The summed E-state index contributed by atoms with van der Waals surface area (Å²) in [6.07, 6.45) is 9.85. The van der Waals surface area contributed by atoms with Crippen LogP contribution in [0.5, 0.6) is 5.88 Å². The van der Waals surface area contributed by atoms with Crippen LogP contribution in [0.3, 0.4) is 0 Å². The van der Waals surface area contributed by atoms with E-state index in [4.69, 9.17) is 42.6 Å². The van der Waals surface area contributed by atoms with Gasteiger partial charge in [-0.1, -0.05) is 29.3 Å². The number of pyridine rings is 1. The maximum Gasteiger partial charge on any atom is 0.246 e. The Morgan fingerprint density at radius 3 is 2.76 bits per heavy atom. The first-order valence-corrected chi connectivity index (χ1v) is 17.4. The summed E-state index contributed by atoms with van der Waals surface area (Å²) in [5, 5.41) is 18.6. The van der Waals surface area contributed by atoms with Crippen LogP contribution in [0.15, 0.2) is 36.8 Å². The fourth-order valence-electron chi connectivity index (χ4n) is 7.51. The van der Waals surface area contributed by atoms with Gasteiger partial charge in [0, 0.05) is 64.8 Å². The second-order valence-corrected chi connectivity index (χ2v) is 13.9. The number of rotatable bonds is 9. The Morgan fingerprint density at radius 1 is 1.16 bits per heavy atom. The van der Waals surface area contributed by atoms with E-state index in [9.17, 15) is 10.1 Å². The number of imidazole rings is 1. The van der Waals surface area contributed by atoms with Gasteiger partial charge < -0.3 is 23.8 Å². The number of aromatic nitrogens is 5. The summed E-state index contributed by atoms with van der Waals surface area (Å²) < 4.78 is 30.6. The van der Waals surface area contributed by atoms with Crippen LogP contribution in [0.1, 0.15) is 43.7 Å². The molecule has 0 unspecified atom stereocenters. The molecule has 5 aromatic rings. The van der Waals surface area contributed by atoms with E-state index in [0.29, 0.717) is 76.1 Å². The number of benzene rings is 2. The Hall–Kier alpha value is -4.28. The SMILES string of the molecule is COC/C=C/C(=O)N1CC[C@H](n2cnc3c(OC[C@@H]4CCCN4C)nc4c(F)c(-c5c(C)c(Cl)cc6[nH]ncc56)c(Cl)cc4c32)C[C@H]1CC#N. The molecule has 3 aromatic heterocycles. The zero-order valence-corrected chi connectivity index (χ0v) is 29.6. The Bertz CT molecular complexity index is 2180. The molecule has 2 aliphatic rings. The van der Waals surface area contributed by atoms with Crippen LogP contribution in [-0.2, 0) is 9.53 Å². The average Bonchev–Trinajstić information content (AvgIpc) is 3.86. The highest BCUT2D eigenvalue weighted by molar-refractivity contribution is 6.36. The van der Waals surface area contributed by atoms with Gasteiger partial charge in [-0.15, -0.1) is 0 Å². The third-order valence-corrected chi connectivity index (χ3v) is 10.8. The number of carbonyl (C=O) groups is 1. The van der Waals surface area contributed by atoms with Crippen molar-refractivity contribution in [2.24, 2.45) is 0 Å². The van der Waals surface area contributed by atoms with Gasteiger partial charge in [-0.25, -0.2) is 14.4 Å². The minimum absolute atomic E-state index is 0.0916. The lowest BCUT2D eigenvalue weighted by Crippen LogP contribution is -2.45. The second-order valence-electron chi connectivity index (χ2n) is 13.1. The second kappa shape index (κ2) is 14.2. The number of likely N-dealkylation sites (N-methyl/N-ethyl adjacent to an activating group) is 1. The molecular weight excluding hydrogens is 682 g/mol. The number of likely N-dealkylation sites (tertiary alicyclic amines) is 2. The normalized spacial score (nSPS) is 20.1. The van der Waals surface area contributed by atoms with Gasteiger partial charge >= 0.3 is 0 Å². The van der Waals surface area contributed by atoms with Gasteiger partial charge in [-0.05, 0) is 63.9 Å². The lowest BCUT2D eigenvalue weighted by Gasteiger charge is -2.38. The monoisotopic (exact) mass is 718 g/mol. The van der Waals surface area contributed by atoms with Gasteiger partial charge in [-0.3, -0.25) is 9.89 Å². The molecule has 11 nitrogen and oxygen atoms in total. The summed E-state index contributed by atoms with van der Waals surface area (Å²) in [4.78, 5) is 26.6. The molecule has 5 heterocycles. The minimum Gasteiger partial charge on any atom is -0.474 e.